The van der Waals surface area contributed by atoms with Gasteiger partial charge in [-0.15, -0.1) is 6.58 Å². The summed E-state index contributed by atoms with van der Waals surface area (Å²) in [6.45, 7) is 7.02. The van der Waals surface area contributed by atoms with Gasteiger partial charge in [-0.2, -0.15) is 0 Å². The van der Waals surface area contributed by atoms with Gasteiger partial charge in [0.05, 0.1) is 0 Å². The molecular weight excluding hydrogens is 112 g/mol. The minimum atomic E-state index is 0.106. The van der Waals surface area contributed by atoms with Crippen LogP contribution in [0.15, 0.2) is 24.3 Å². The number of rotatable bonds is 3. The molecule has 0 aromatic rings. The zero-order valence-electron chi connectivity index (χ0n) is 5.98. The highest BCUT2D eigenvalue weighted by Crippen LogP contribution is 1.98. The minimum Gasteiger partial charge on any atom is -0.295 e. The molecule has 0 N–H and O–H groups in total. The number of hydrogen-bond acceptors (Lipinski definition) is 1. The lowest BCUT2D eigenvalue weighted by molar-refractivity contribution is -0.112. The van der Waals surface area contributed by atoms with E-state index in [2.05, 4.69) is 6.58 Å². The van der Waals surface area contributed by atoms with E-state index < -0.39 is 0 Å². The van der Waals surface area contributed by atoms with Crippen molar-refractivity contribution in [2.45, 2.75) is 20.3 Å². The van der Waals surface area contributed by atoms with Crippen molar-refractivity contribution < 1.29 is 4.79 Å². The molecule has 1 heteroatoms. The lowest BCUT2D eigenvalue weighted by Crippen LogP contribution is -1.83. The number of carbonyl (C=O) groups is 1. The number of carbonyl (C=O) groups excluding carboxylic acids is 1. The summed E-state index contributed by atoms with van der Waals surface area (Å²) >= 11 is 0. The van der Waals surface area contributed by atoms with Crippen LogP contribution in [0.2, 0.25) is 0 Å². The van der Waals surface area contributed by atoms with Gasteiger partial charge in [0, 0.05) is 0 Å². The molecule has 0 fully saturated rings. The second-order valence-electron chi connectivity index (χ2n) is 2.09. The van der Waals surface area contributed by atoms with E-state index in [0.717, 1.165) is 12.0 Å². The summed E-state index contributed by atoms with van der Waals surface area (Å²) in [6, 6.07) is 0. The molecule has 0 aliphatic heterocycles. The highest BCUT2D eigenvalue weighted by molar-refractivity contribution is 5.87. The zero-order valence-corrected chi connectivity index (χ0v) is 5.98. The van der Waals surface area contributed by atoms with Crippen molar-refractivity contribution in [3.8, 4) is 0 Å². The van der Waals surface area contributed by atoms with E-state index in [1.54, 1.807) is 19.1 Å². The average Bonchev–Trinajstić information content (AvgIpc) is 1.63. The molecule has 0 aromatic carbocycles. The fraction of sp³-hybridized carbons (Fsp3) is 0.375. The Morgan fingerprint density at radius 1 is 1.56 bits per heavy atom. The SMILES string of the molecule is C=CCC(C)=CC(C)=O. The first-order valence-electron chi connectivity index (χ1n) is 2.95. The Morgan fingerprint density at radius 3 is 2.44 bits per heavy atom. The van der Waals surface area contributed by atoms with Crippen molar-refractivity contribution >= 4 is 5.78 Å². The fourth-order valence-corrected chi connectivity index (χ4v) is 0.634. The summed E-state index contributed by atoms with van der Waals surface area (Å²) in [6.07, 6.45) is 4.22. The van der Waals surface area contributed by atoms with Gasteiger partial charge in [-0.1, -0.05) is 11.6 Å². The molecule has 0 aliphatic rings. The lowest BCUT2D eigenvalue weighted by atomic mass is 10.2. The normalized spacial score (nSPS) is 11.1. The molecule has 0 saturated heterocycles. The van der Waals surface area contributed by atoms with Crippen LogP contribution in [0.25, 0.3) is 0 Å². The van der Waals surface area contributed by atoms with Crippen LogP contribution in [0.1, 0.15) is 20.3 Å². The summed E-state index contributed by atoms with van der Waals surface area (Å²) in [5.74, 6) is 0.106. The monoisotopic (exact) mass is 124 g/mol. The maximum Gasteiger partial charge on any atom is 0.152 e. The molecule has 9 heavy (non-hydrogen) atoms. The van der Waals surface area contributed by atoms with Gasteiger partial charge < -0.3 is 0 Å². The first-order chi connectivity index (χ1) is 4.16. The molecule has 0 amide bonds. The van der Waals surface area contributed by atoms with Crippen LogP contribution in [0.5, 0.6) is 0 Å². The third kappa shape index (κ3) is 5.01. The Hall–Kier alpha value is -0.850. The van der Waals surface area contributed by atoms with Crippen LogP contribution in [0.4, 0.5) is 0 Å². The maximum absolute atomic E-state index is 10.4. The predicted molar refractivity (Wildman–Crippen MR) is 39.3 cm³/mol. The molecule has 1 nitrogen and oxygen atoms in total. The Balaban J connectivity index is 3.83. The number of ketones is 1. The van der Waals surface area contributed by atoms with Gasteiger partial charge in [-0.3, -0.25) is 4.79 Å². The summed E-state index contributed by atoms with van der Waals surface area (Å²) in [7, 11) is 0. The zero-order chi connectivity index (χ0) is 7.28. The van der Waals surface area contributed by atoms with Gasteiger partial charge in [-0.25, -0.2) is 0 Å². The topological polar surface area (TPSA) is 17.1 Å². The number of hydrogen-bond donors (Lipinski definition) is 0. The van der Waals surface area contributed by atoms with Gasteiger partial charge in [0.1, 0.15) is 0 Å². The van der Waals surface area contributed by atoms with Crippen LogP contribution in [0, 0.1) is 0 Å². The first-order valence-corrected chi connectivity index (χ1v) is 2.95. The van der Waals surface area contributed by atoms with E-state index in [9.17, 15) is 4.79 Å². The van der Waals surface area contributed by atoms with Crippen LogP contribution in [-0.4, -0.2) is 5.78 Å². The summed E-state index contributed by atoms with van der Waals surface area (Å²) in [5.41, 5.74) is 1.07. The highest BCUT2D eigenvalue weighted by Gasteiger charge is 1.86. The minimum absolute atomic E-state index is 0.106. The van der Waals surface area contributed by atoms with E-state index >= 15 is 0 Å². The van der Waals surface area contributed by atoms with Crippen LogP contribution < -0.4 is 0 Å². The van der Waals surface area contributed by atoms with Gasteiger partial charge in [0.15, 0.2) is 5.78 Å². The van der Waals surface area contributed by atoms with Crippen molar-refractivity contribution in [2.75, 3.05) is 0 Å². The molecule has 0 atom stereocenters. The Labute approximate surface area is 56.1 Å². The largest absolute Gasteiger partial charge is 0.295 e. The Bertz CT molecular complexity index is 143. The third-order valence-electron chi connectivity index (χ3n) is 0.916. The van der Waals surface area contributed by atoms with Crippen molar-refractivity contribution in [3.05, 3.63) is 24.3 Å². The lowest BCUT2D eigenvalue weighted by Gasteiger charge is -1.90. The first kappa shape index (κ1) is 8.15. The van der Waals surface area contributed by atoms with E-state index in [1.165, 1.54) is 0 Å². The van der Waals surface area contributed by atoms with Crippen molar-refractivity contribution in [3.63, 3.8) is 0 Å². The summed E-state index contributed by atoms with van der Waals surface area (Å²) < 4.78 is 0. The summed E-state index contributed by atoms with van der Waals surface area (Å²) in [4.78, 5) is 10.4. The quantitative estimate of drug-likeness (QED) is 0.416. The van der Waals surface area contributed by atoms with Gasteiger partial charge in [0.2, 0.25) is 0 Å². The van der Waals surface area contributed by atoms with Crippen LogP contribution in [0.3, 0.4) is 0 Å². The smallest absolute Gasteiger partial charge is 0.152 e. The van der Waals surface area contributed by atoms with Crippen molar-refractivity contribution in [1.82, 2.24) is 0 Å². The van der Waals surface area contributed by atoms with Gasteiger partial charge in [-0.05, 0) is 26.3 Å². The molecule has 50 valence electrons. The molecule has 0 radical (unpaired) electrons. The second-order valence-corrected chi connectivity index (χ2v) is 2.09. The van der Waals surface area contributed by atoms with Gasteiger partial charge >= 0.3 is 0 Å². The fourth-order valence-electron chi connectivity index (χ4n) is 0.634. The molecule has 0 unspecified atom stereocenters. The molecule has 0 rings (SSSR count). The molecule has 0 bridgehead atoms. The maximum atomic E-state index is 10.4. The molecular formula is C8H12O. The van der Waals surface area contributed by atoms with E-state index in [1.807, 2.05) is 6.92 Å². The highest BCUT2D eigenvalue weighted by atomic mass is 16.1. The van der Waals surface area contributed by atoms with Crippen molar-refractivity contribution in [2.24, 2.45) is 0 Å². The van der Waals surface area contributed by atoms with E-state index in [-0.39, 0.29) is 5.78 Å². The molecule has 0 spiro atoms. The summed E-state index contributed by atoms with van der Waals surface area (Å²) in [5, 5.41) is 0. The van der Waals surface area contributed by atoms with Crippen molar-refractivity contribution in [1.29, 1.82) is 0 Å². The molecule has 0 saturated carbocycles. The molecule has 0 aliphatic carbocycles. The predicted octanol–water partition coefficient (Wildman–Crippen LogP) is 2.10. The standard InChI is InChI=1S/C8H12O/c1-4-5-7(2)6-8(3)9/h4,6H,1,5H2,2-3H3. The number of allylic oxidation sites excluding steroid dienone is 3. The van der Waals surface area contributed by atoms with E-state index in [4.69, 9.17) is 0 Å². The van der Waals surface area contributed by atoms with E-state index in [0.29, 0.717) is 0 Å². The third-order valence-corrected chi connectivity index (χ3v) is 0.916. The molecule has 0 aromatic heterocycles. The Kier molecular flexibility index (Phi) is 3.69. The average molecular weight is 124 g/mol. The second kappa shape index (κ2) is 4.07. The van der Waals surface area contributed by atoms with Crippen LogP contribution >= 0.6 is 0 Å². The Morgan fingerprint density at radius 2 is 2.11 bits per heavy atom. The molecule has 0 heterocycles. The van der Waals surface area contributed by atoms with Gasteiger partial charge in [0.25, 0.3) is 0 Å². The van der Waals surface area contributed by atoms with Crippen LogP contribution in [-0.2, 0) is 4.79 Å².